The molecule has 1 aliphatic heterocycles. The number of amides is 2. The van der Waals surface area contributed by atoms with Crippen LogP contribution >= 0.6 is 11.3 Å². The normalized spacial score (nSPS) is 19.4. The van der Waals surface area contributed by atoms with Crippen molar-refractivity contribution in [2.45, 2.75) is 58.2 Å². The van der Waals surface area contributed by atoms with Crippen molar-refractivity contribution in [3.05, 3.63) is 28.2 Å². The van der Waals surface area contributed by atoms with E-state index in [-0.39, 0.29) is 31.5 Å². The van der Waals surface area contributed by atoms with E-state index >= 15 is 0 Å². The Morgan fingerprint density at radius 2 is 2.00 bits per heavy atom. The Hall–Kier alpha value is -2.18. The van der Waals surface area contributed by atoms with Crippen molar-refractivity contribution in [2.75, 3.05) is 29.8 Å². The molecule has 3 rings (SSSR count). The first-order chi connectivity index (χ1) is 15.4. The minimum Gasteiger partial charge on any atom is -0.306 e. The molecule has 2 amide bonds. The van der Waals surface area contributed by atoms with Crippen LogP contribution in [-0.4, -0.2) is 61.5 Å². The van der Waals surface area contributed by atoms with Crippen LogP contribution in [0.5, 0.6) is 0 Å². The Labute approximate surface area is 199 Å². The van der Waals surface area contributed by atoms with Crippen LogP contribution < -0.4 is 14.3 Å². The third kappa shape index (κ3) is 6.04. The molecule has 0 saturated carbocycles. The molecule has 1 saturated heterocycles. The smallest absolute Gasteiger partial charge is 0.306 e. The van der Waals surface area contributed by atoms with E-state index in [1.807, 2.05) is 19.9 Å². The standard InChI is InChI=1S/C21H33FN6O3S2/c1-13(2)19-8-18(20(32-19)14(3)4)24-21(29)25-33(30,31)28(17-9-23-27(6)11-17)12-16-7-15(22)10-26(16)5/h8-9,11,13-16H,7,10,12H2,1-6H3,(H2,24,25,29)/t15-,16+/m1/s1. The van der Waals surface area contributed by atoms with E-state index < -0.39 is 22.4 Å². The van der Waals surface area contributed by atoms with E-state index in [0.717, 1.165) is 14.1 Å². The lowest BCUT2D eigenvalue weighted by Gasteiger charge is -2.28. The number of likely N-dealkylation sites (tertiary alicyclic amines) is 1. The van der Waals surface area contributed by atoms with Gasteiger partial charge in [-0.15, -0.1) is 11.3 Å². The third-order valence-electron chi connectivity index (χ3n) is 5.63. The van der Waals surface area contributed by atoms with Crippen molar-refractivity contribution in [1.29, 1.82) is 0 Å². The quantitative estimate of drug-likeness (QED) is 0.577. The second-order valence-electron chi connectivity index (χ2n) is 9.13. The zero-order chi connectivity index (χ0) is 24.5. The number of aromatic nitrogens is 2. The maximum atomic E-state index is 13.9. The Morgan fingerprint density at radius 3 is 2.52 bits per heavy atom. The summed E-state index contributed by atoms with van der Waals surface area (Å²) in [6.45, 7) is 8.43. The number of halogens is 1. The molecule has 2 atom stereocenters. The van der Waals surface area contributed by atoms with Gasteiger partial charge in [0, 0.05) is 35.6 Å². The van der Waals surface area contributed by atoms with Gasteiger partial charge in [-0.05, 0) is 31.4 Å². The van der Waals surface area contributed by atoms with Crippen molar-refractivity contribution in [3.8, 4) is 0 Å². The number of rotatable bonds is 8. The van der Waals surface area contributed by atoms with Crippen LogP contribution in [0.15, 0.2) is 18.5 Å². The number of hydrogen-bond acceptors (Lipinski definition) is 6. The van der Waals surface area contributed by atoms with Crippen LogP contribution in [0.2, 0.25) is 0 Å². The van der Waals surface area contributed by atoms with Crippen molar-refractivity contribution in [1.82, 2.24) is 19.4 Å². The molecular formula is C21H33FN6O3S2. The summed E-state index contributed by atoms with van der Waals surface area (Å²) in [6, 6.07) is 0.727. The van der Waals surface area contributed by atoms with Crippen LogP contribution in [0, 0.1) is 0 Å². The Balaban J connectivity index is 1.81. The Morgan fingerprint density at radius 1 is 1.30 bits per heavy atom. The number of nitrogens with one attached hydrogen (secondary N) is 2. The Kier molecular flexibility index (Phi) is 7.69. The molecule has 2 aromatic rings. The molecule has 0 spiro atoms. The van der Waals surface area contributed by atoms with Crippen LogP contribution in [-0.2, 0) is 17.3 Å². The van der Waals surface area contributed by atoms with E-state index in [1.54, 1.807) is 36.5 Å². The first-order valence-electron chi connectivity index (χ1n) is 11.0. The molecule has 3 heterocycles. The summed E-state index contributed by atoms with van der Waals surface area (Å²) in [5, 5.41) is 6.76. The number of nitrogens with zero attached hydrogens (tertiary/aromatic N) is 4. The zero-order valence-corrected chi connectivity index (χ0v) is 21.5. The van der Waals surface area contributed by atoms with Gasteiger partial charge >= 0.3 is 16.2 Å². The van der Waals surface area contributed by atoms with Gasteiger partial charge in [-0.2, -0.15) is 13.5 Å². The largest absolute Gasteiger partial charge is 0.334 e. The monoisotopic (exact) mass is 500 g/mol. The summed E-state index contributed by atoms with van der Waals surface area (Å²) in [7, 11) is -0.851. The molecule has 0 unspecified atom stereocenters. The van der Waals surface area contributed by atoms with Gasteiger partial charge in [0.25, 0.3) is 0 Å². The molecule has 0 radical (unpaired) electrons. The van der Waals surface area contributed by atoms with E-state index in [2.05, 4.69) is 29.0 Å². The lowest BCUT2D eigenvalue weighted by Crippen LogP contribution is -2.49. The van der Waals surface area contributed by atoms with E-state index in [9.17, 15) is 17.6 Å². The van der Waals surface area contributed by atoms with Gasteiger partial charge in [-0.1, -0.05) is 27.7 Å². The maximum Gasteiger partial charge on any atom is 0.334 e. The molecule has 2 aromatic heterocycles. The summed E-state index contributed by atoms with van der Waals surface area (Å²) in [4.78, 5) is 16.6. The highest BCUT2D eigenvalue weighted by Crippen LogP contribution is 2.37. The molecule has 1 fully saturated rings. The number of likely N-dealkylation sites (N-methyl/N-ethyl adjacent to an activating group) is 1. The molecule has 0 aromatic carbocycles. The topological polar surface area (TPSA) is 99.6 Å². The van der Waals surface area contributed by atoms with Gasteiger partial charge in [0.2, 0.25) is 0 Å². The van der Waals surface area contributed by atoms with Gasteiger partial charge in [-0.3, -0.25) is 9.58 Å². The fourth-order valence-electron chi connectivity index (χ4n) is 3.85. The minimum absolute atomic E-state index is 0.00157. The fraction of sp³-hybridized carbons (Fsp3) is 0.619. The van der Waals surface area contributed by atoms with Gasteiger partial charge < -0.3 is 5.32 Å². The second kappa shape index (κ2) is 9.98. The lowest BCUT2D eigenvalue weighted by atomic mass is 10.1. The predicted octanol–water partition coefficient (Wildman–Crippen LogP) is 3.64. The molecule has 1 aliphatic rings. The molecule has 0 bridgehead atoms. The molecular weight excluding hydrogens is 467 g/mol. The number of alkyl halides is 1. The number of hydrogen-bond donors (Lipinski definition) is 2. The van der Waals surface area contributed by atoms with Crippen LogP contribution in [0.1, 0.15) is 55.7 Å². The van der Waals surface area contributed by atoms with Crippen molar-refractivity contribution in [3.63, 3.8) is 0 Å². The van der Waals surface area contributed by atoms with Crippen LogP contribution in [0.4, 0.5) is 20.6 Å². The molecule has 0 aliphatic carbocycles. The average molecular weight is 501 g/mol. The number of urea groups is 1. The fourth-order valence-corrected chi connectivity index (χ4v) is 6.11. The van der Waals surface area contributed by atoms with Gasteiger partial charge in [0.05, 0.1) is 24.1 Å². The van der Waals surface area contributed by atoms with E-state index in [0.29, 0.717) is 17.3 Å². The SMILES string of the molecule is CC(C)c1cc(NC(=O)NS(=O)(=O)N(C[C@@H]2C[C@@H](F)CN2C)c2cnn(C)c2)c(C(C)C)s1. The number of carbonyl (C=O) groups excluding carboxylic acids is 1. The first-order valence-corrected chi connectivity index (χ1v) is 13.2. The van der Waals surface area contributed by atoms with Crippen LogP contribution in [0.25, 0.3) is 0 Å². The highest BCUT2D eigenvalue weighted by Gasteiger charge is 2.35. The van der Waals surface area contributed by atoms with Crippen molar-refractivity contribution in [2.24, 2.45) is 7.05 Å². The minimum atomic E-state index is -4.28. The highest BCUT2D eigenvalue weighted by atomic mass is 32.2. The van der Waals surface area contributed by atoms with E-state index in [1.165, 1.54) is 10.9 Å². The summed E-state index contributed by atoms with van der Waals surface area (Å²) < 4.78 is 45.1. The van der Waals surface area contributed by atoms with Crippen molar-refractivity contribution < 1.29 is 17.6 Å². The maximum absolute atomic E-state index is 13.9. The average Bonchev–Trinajstić information content (AvgIpc) is 3.38. The molecule has 33 heavy (non-hydrogen) atoms. The number of anilines is 2. The summed E-state index contributed by atoms with van der Waals surface area (Å²) in [6.07, 6.45) is 2.16. The molecule has 184 valence electrons. The number of carbonyl (C=O) groups is 1. The number of thiophene rings is 1. The number of aryl methyl sites for hydroxylation is 1. The van der Waals surface area contributed by atoms with Crippen LogP contribution in [0.3, 0.4) is 0 Å². The lowest BCUT2D eigenvalue weighted by molar-refractivity contribution is 0.256. The summed E-state index contributed by atoms with van der Waals surface area (Å²) >= 11 is 1.61. The first kappa shape index (κ1) is 25.4. The summed E-state index contributed by atoms with van der Waals surface area (Å²) in [5.41, 5.74) is 0.907. The molecule has 12 heteroatoms. The zero-order valence-electron chi connectivity index (χ0n) is 19.9. The van der Waals surface area contributed by atoms with Crippen molar-refractivity contribution >= 4 is 39.0 Å². The Bertz CT molecular complexity index is 1080. The van der Waals surface area contributed by atoms with Gasteiger partial charge in [-0.25, -0.2) is 18.2 Å². The third-order valence-corrected chi connectivity index (χ3v) is 8.75. The molecule has 2 N–H and O–H groups in total. The second-order valence-corrected chi connectivity index (χ2v) is 11.8. The molecule has 9 nitrogen and oxygen atoms in total. The van der Waals surface area contributed by atoms with Gasteiger partial charge in [0.15, 0.2) is 0 Å². The highest BCUT2D eigenvalue weighted by molar-refractivity contribution is 7.91. The van der Waals surface area contributed by atoms with E-state index in [4.69, 9.17) is 0 Å². The van der Waals surface area contributed by atoms with Gasteiger partial charge in [0.1, 0.15) is 6.17 Å². The predicted molar refractivity (Wildman–Crippen MR) is 130 cm³/mol. The summed E-state index contributed by atoms with van der Waals surface area (Å²) in [5.74, 6) is 0.464.